The predicted molar refractivity (Wildman–Crippen MR) is 77.9 cm³/mol. The zero-order valence-electron chi connectivity index (χ0n) is 12.6. The van der Waals surface area contributed by atoms with Gasteiger partial charge in [0, 0.05) is 13.0 Å². The Morgan fingerprint density at radius 1 is 1.37 bits per heavy atom. The molecule has 1 fully saturated rings. The average molecular weight is 264 g/mol. The Bertz CT molecular complexity index is 366. The van der Waals surface area contributed by atoms with Crippen molar-refractivity contribution in [2.75, 3.05) is 13.6 Å². The summed E-state index contributed by atoms with van der Waals surface area (Å²) in [5.41, 5.74) is 0. The van der Waals surface area contributed by atoms with Crippen molar-refractivity contribution < 1.29 is 0 Å². The van der Waals surface area contributed by atoms with Crippen LogP contribution in [0.2, 0.25) is 0 Å². The van der Waals surface area contributed by atoms with Crippen LogP contribution in [-0.2, 0) is 13.0 Å². The van der Waals surface area contributed by atoms with Crippen molar-refractivity contribution in [2.45, 2.75) is 52.5 Å². The largest absolute Gasteiger partial charge is 0.319 e. The van der Waals surface area contributed by atoms with Gasteiger partial charge in [0.25, 0.3) is 0 Å². The van der Waals surface area contributed by atoms with E-state index in [0.717, 1.165) is 25.4 Å². The zero-order valence-corrected chi connectivity index (χ0v) is 12.6. The summed E-state index contributed by atoms with van der Waals surface area (Å²) >= 11 is 0. The summed E-state index contributed by atoms with van der Waals surface area (Å²) in [6.45, 7) is 6.53. The highest BCUT2D eigenvalue weighted by molar-refractivity contribution is 4.91. The van der Waals surface area contributed by atoms with Crippen molar-refractivity contribution in [1.82, 2.24) is 20.1 Å². The van der Waals surface area contributed by atoms with Crippen LogP contribution in [0.4, 0.5) is 0 Å². The summed E-state index contributed by atoms with van der Waals surface area (Å²) in [6.07, 6.45) is 8.38. The fraction of sp³-hybridized carbons (Fsp3) is 0.867. The molecule has 1 atom stereocenters. The molecular weight excluding hydrogens is 236 g/mol. The molecule has 0 radical (unpaired) electrons. The Hall–Kier alpha value is -0.900. The number of hydrogen-bond acceptors (Lipinski definition) is 3. The molecule has 0 bridgehead atoms. The second-order valence-corrected chi connectivity index (χ2v) is 6.32. The SMILES string of the molecule is CNCC(Cc1ncnn1CC(C)C)C1CCCC1. The van der Waals surface area contributed by atoms with E-state index in [0.29, 0.717) is 11.8 Å². The van der Waals surface area contributed by atoms with Gasteiger partial charge >= 0.3 is 0 Å². The molecular formula is C15H28N4. The molecule has 0 saturated heterocycles. The van der Waals surface area contributed by atoms with E-state index >= 15 is 0 Å². The van der Waals surface area contributed by atoms with E-state index in [2.05, 4.69) is 41.0 Å². The topological polar surface area (TPSA) is 42.7 Å². The molecule has 1 unspecified atom stereocenters. The highest BCUT2D eigenvalue weighted by atomic mass is 15.3. The van der Waals surface area contributed by atoms with Crippen molar-refractivity contribution in [2.24, 2.45) is 17.8 Å². The molecule has 0 aromatic carbocycles. The third-order valence-electron chi connectivity index (χ3n) is 4.21. The Morgan fingerprint density at radius 3 is 2.74 bits per heavy atom. The first kappa shape index (κ1) is 14.5. The van der Waals surface area contributed by atoms with Crippen molar-refractivity contribution in [3.63, 3.8) is 0 Å². The van der Waals surface area contributed by atoms with E-state index in [1.165, 1.54) is 31.5 Å². The molecule has 2 rings (SSSR count). The summed E-state index contributed by atoms with van der Waals surface area (Å²) < 4.78 is 2.10. The zero-order chi connectivity index (χ0) is 13.7. The van der Waals surface area contributed by atoms with Crippen molar-refractivity contribution >= 4 is 0 Å². The lowest BCUT2D eigenvalue weighted by Gasteiger charge is -2.23. The van der Waals surface area contributed by atoms with Gasteiger partial charge in [-0.3, -0.25) is 0 Å². The molecule has 0 aliphatic heterocycles. The Kier molecular flexibility index (Phi) is 5.37. The van der Waals surface area contributed by atoms with Crippen LogP contribution >= 0.6 is 0 Å². The van der Waals surface area contributed by atoms with Crippen LogP contribution in [0.15, 0.2) is 6.33 Å². The van der Waals surface area contributed by atoms with E-state index in [1.54, 1.807) is 6.33 Å². The number of rotatable bonds is 7. The minimum Gasteiger partial charge on any atom is -0.319 e. The van der Waals surface area contributed by atoms with Crippen LogP contribution < -0.4 is 5.32 Å². The van der Waals surface area contributed by atoms with Crippen molar-refractivity contribution in [1.29, 1.82) is 0 Å². The van der Waals surface area contributed by atoms with Crippen LogP contribution in [0, 0.1) is 17.8 Å². The summed E-state index contributed by atoms with van der Waals surface area (Å²) in [5, 5.41) is 7.74. The fourth-order valence-corrected chi connectivity index (χ4v) is 3.28. The molecule has 1 N–H and O–H groups in total. The predicted octanol–water partition coefficient (Wildman–Crippen LogP) is 2.50. The third kappa shape index (κ3) is 4.03. The first-order valence-corrected chi connectivity index (χ1v) is 7.72. The van der Waals surface area contributed by atoms with E-state index in [4.69, 9.17) is 0 Å². The lowest BCUT2D eigenvalue weighted by atomic mass is 9.87. The molecule has 1 aromatic rings. The van der Waals surface area contributed by atoms with Gasteiger partial charge in [0.2, 0.25) is 0 Å². The van der Waals surface area contributed by atoms with E-state index in [9.17, 15) is 0 Å². The lowest BCUT2D eigenvalue weighted by Crippen LogP contribution is -2.28. The van der Waals surface area contributed by atoms with Gasteiger partial charge < -0.3 is 5.32 Å². The van der Waals surface area contributed by atoms with E-state index in [1.807, 2.05) is 0 Å². The molecule has 0 amide bonds. The quantitative estimate of drug-likeness (QED) is 0.823. The lowest BCUT2D eigenvalue weighted by molar-refractivity contribution is 0.315. The molecule has 1 saturated carbocycles. The summed E-state index contributed by atoms with van der Waals surface area (Å²) in [7, 11) is 2.06. The number of nitrogens with one attached hydrogen (secondary N) is 1. The first-order valence-electron chi connectivity index (χ1n) is 7.72. The molecule has 1 heterocycles. The average Bonchev–Trinajstić information content (AvgIpc) is 3.00. The minimum absolute atomic E-state index is 0.620. The number of hydrogen-bond donors (Lipinski definition) is 1. The van der Waals surface area contributed by atoms with Gasteiger partial charge in [-0.2, -0.15) is 5.10 Å². The van der Waals surface area contributed by atoms with Crippen molar-refractivity contribution in [3.8, 4) is 0 Å². The van der Waals surface area contributed by atoms with Crippen LogP contribution in [0.1, 0.15) is 45.4 Å². The van der Waals surface area contributed by atoms with Crippen LogP contribution in [0.5, 0.6) is 0 Å². The normalized spacial score (nSPS) is 18.3. The number of aromatic nitrogens is 3. The van der Waals surface area contributed by atoms with Crippen LogP contribution in [-0.4, -0.2) is 28.4 Å². The van der Waals surface area contributed by atoms with E-state index in [-0.39, 0.29) is 0 Å². The maximum atomic E-state index is 4.49. The van der Waals surface area contributed by atoms with Gasteiger partial charge in [0.05, 0.1) is 0 Å². The summed E-state index contributed by atoms with van der Waals surface area (Å²) in [6, 6.07) is 0. The Labute approximate surface area is 117 Å². The van der Waals surface area contributed by atoms with Gasteiger partial charge in [-0.25, -0.2) is 9.67 Å². The van der Waals surface area contributed by atoms with Gasteiger partial charge in [-0.05, 0) is 31.3 Å². The monoisotopic (exact) mass is 264 g/mol. The standard InChI is InChI=1S/C15H28N4/c1-12(2)10-19-15(17-11-18-19)8-14(9-16-3)13-6-4-5-7-13/h11-14,16H,4-10H2,1-3H3. The molecule has 4 nitrogen and oxygen atoms in total. The van der Waals surface area contributed by atoms with Gasteiger partial charge in [0.1, 0.15) is 12.2 Å². The minimum atomic E-state index is 0.620. The van der Waals surface area contributed by atoms with Crippen LogP contribution in [0.3, 0.4) is 0 Å². The molecule has 108 valence electrons. The van der Waals surface area contributed by atoms with Crippen LogP contribution in [0.25, 0.3) is 0 Å². The maximum Gasteiger partial charge on any atom is 0.138 e. The molecule has 1 aliphatic rings. The number of nitrogens with zero attached hydrogens (tertiary/aromatic N) is 3. The Balaban J connectivity index is 2.01. The second kappa shape index (κ2) is 7.04. The molecule has 19 heavy (non-hydrogen) atoms. The highest BCUT2D eigenvalue weighted by Crippen LogP contribution is 2.32. The fourth-order valence-electron chi connectivity index (χ4n) is 3.28. The van der Waals surface area contributed by atoms with Gasteiger partial charge in [-0.1, -0.05) is 39.5 Å². The molecule has 4 heteroatoms. The molecule has 0 spiro atoms. The summed E-state index contributed by atoms with van der Waals surface area (Å²) in [5.74, 6) is 3.37. The highest BCUT2D eigenvalue weighted by Gasteiger charge is 2.26. The van der Waals surface area contributed by atoms with Crippen molar-refractivity contribution in [3.05, 3.63) is 12.2 Å². The molecule has 1 aromatic heterocycles. The van der Waals surface area contributed by atoms with E-state index < -0.39 is 0 Å². The first-order chi connectivity index (χ1) is 9.20. The van der Waals surface area contributed by atoms with Gasteiger partial charge in [0.15, 0.2) is 0 Å². The smallest absolute Gasteiger partial charge is 0.138 e. The van der Waals surface area contributed by atoms with Gasteiger partial charge in [-0.15, -0.1) is 0 Å². The third-order valence-corrected chi connectivity index (χ3v) is 4.21. The summed E-state index contributed by atoms with van der Waals surface area (Å²) in [4.78, 5) is 4.49. The second-order valence-electron chi connectivity index (χ2n) is 6.32. The Morgan fingerprint density at radius 2 is 2.11 bits per heavy atom. The maximum absolute atomic E-state index is 4.49. The molecule has 1 aliphatic carbocycles.